The van der Waals surface area contributed by atoms with Crippen molar-refractivity contribution in [3.05, 3.63) is 77.1 Å². The fraction of sp³-hybridized carbons (Fsp3) is 0.370. The molecule has 2 atom stereocenters. The van der Waals surface area contributed by atoms with Crippen molar-refractivity contribution < 1.29 is 28.6 Å². The lowest BCUT2D eigenvalue weighted by Gasteiger charge is -2.38. The third kappa shape index (κ3) is 6.75. The number of carbonyl (C=O) groups is 3. The topological polar surface area (TPSA) is 83.9 Å². The van der Waals surface area contributed by atoms with Crippen molar-refractivity contribution in [1.82, 2.24) is 4.90 Å². The van der Waals surface area contributed by atoms with Crippen LogP contribution < -0.4 is 4.74 Å². The summed E-state index contributed by atoms with van der Waals surface area (Å²) in [5.41, 5.74) is 1.49. The SMILES string of the molecule is COc1cccc(C(=O)CSC2CCN(C(C(=O)C3CC3)c3ccccc3F)CC2=CC(=O)O)c1.Cl. The van der Waals surface area contributed by atoms with E-state index in [-0.39, 0.29) is 47.4 Å². The summed E-state index contributed by atoms with van der Waals surface area (Å²) in [4.78, 5) is 39.4. The number of piperidine rings is 1. The number of hydrogen-bond acceptors (Lipinski definition) is 6. The minimum absolute atomic E-state index is 0. The van der Waals surface area contributed by atoms with E-state index < -0.39 is 17.8 Å². The van der Waals surface area contributed by atoms with Crippen molar-refractivity contribution in [2.24, 2.45) is 5.92 Å². The number of likely N-dealkylation sites (tertiary alicyclic amines) is 1. The van der Waals surface area contributed by atoms with E-state index in [0.29, 0.717) is 35.4 Å². The molecule has 1 N–H and O–H groups in total. The van der Waals surface area contributed by atoms with Gasteiger partial charge in [0.15, 0.2) is 11.6 Å². The first-order chi connectivity index (χ1) is 16.9. The summed E-state index contributed by atoms with van der Waals surface area (Å²) < 4.78 is 19.9. The number of rotatable bonds is 10. The Labute approximate surface area is 220 Å². The monoisotopic (exact) mass is 533 g/mol. The molecule has 2 aromatic rings. The van der Waals surface area contributed by atoms with Gasteiger partial charge in [0.05, 0.1) is 18.9 Å². The second-order valence-electron chi connectivity index (χ2n) is 8.87. The molecule has 36 heavy (non-hydrogen) atoms. The molecule has 2 fully saturated rings. The maximum Gasteiger partial charge on any atom is 0.328 e. The van der Waals surface area contributed by atoms with Gasteiger partial charge in [-0.2, -0.15) is 0 Å². The highest BCUT2D eigenvalue weighted by molar-refractivity contribution is 8.00. The molecule has 192 valence electrons. The molecule has 9 heteroatoms. The number of aliphatic carboxylic acids is 1. The van der Waals surface area contributed by atoms with E-state index >= 15 is 0 Å². The number of Topliss-reactive ketones (excluding diaryl/α,β-unsaturated/α-hetero) is 2. The number of ether oxygens (including phenoxy) is 1. The van der Waals surface area contributed by atoms with E-state index in [1.165, 1.54) is 31.0 Å². The fourth-order valence-corrected chi connectivity index (χ4v) is 5.61. The Morgan fingerprint density at radius 1 is 1.17 bits per heavy atom. The number of halogens is 2. The molecule has 4 rings (SSSR count). The van der Waals surface area contributed by atoms with Crippen LogP contribution in [0.4, 0.5) is 4.39 Å². The number of carbonyl (C=O) groups excluding carboxylic acids is 2. The lowest BCUT2D eigenvalue weighted by atomic mass is 9.93. The van der Waals surface area contributed by atoms with Crippen molar-refractivity contribution in [2.45, 2.75) is 30.6 Å². The lowest BCUT2D eigenvalue weighted by molar-refractivity contribution is -0.131. The highest BCUT2D eigenvalue weighted by Crippen LogP contribution is 2.40. The number of carboxylic acids is 1. The molecule has 6 nitrogen and oxygen atoms in total. The van der Waals surface area contributed by atoms with Gasteiger partial charge in [0.25, 0.3) is 0 Å². The first kappa shape index (κ1) is 27.9. The molecule has 1 heterocycles. The molecule has 1 aliphatic heterocycles. The van der Waals surface area contributed by atoms with Crippen molar-refractivity contribution in [3.63, 3.8) is 0 Å². The van der Waals surface area contributed by atoms with Crippen LogP contribution in [0.25, 0.3) is 0 Å². The number of hydrogen-bond donors (Lipinski definition) is 1. The zero-order valence-corrected chi connectivity index (χ0v) is 21.5. The predicted molar refractivity (Wildman–Crippen MR) is 140 cm³/mol. The van der Waals surface area contributed by atoms with E-state index in [0.717, 1.165) is 12.8 Å². The molecule has 0 amide bonds. The van der Waals surface area contributed by atoms with Crippen molar-refractivity contribution in [2.75, 3.05) is 26.0 Å². The van der Waals surface area contributed by atoms with Crippen molar-refractivity contribution >= 4 is 41.7 Å². The van der Waals surface area contributed by atoms with Crippen LogP contribution in [-0.4, -0.2) is 58.7 Å². The van der Waals surface area contributed by atoms with E-state index in [1.54, 1.807) is 42.5 Å². The van der Waals surface area contributed by atoms with Gasteiger partial charge in [-0.05, 0) is 43.0 Å². The minimum atomic E-state index is -1.08. The van der Waals surface area contributed by atoms with Crippen LogP contribution in [0.15, 0.2) is 60.2 Å². The van der Waals surface area contributed by atoms with Gasteiger partial charge in [0, 0.05) is 41.5 Å². The number of thioether (sulfide) groups is 1. The third-order valence-corrected chi connectivity index (χ3v) is 7.78. The molecule has 0 aromatic heterocycles. The summed E-state index contributed by atoms with van der Waals surface area (Å²) in [5, 5.41) is 9.29. The zero-order valence-electron chi connectivity index (χ0n) is 19.9. The molecular formula is C27H29ClFNO5S. The second kappa shape index (κ2) is 12.5. The molecule has 1 aliphatic carbocycles. The Kier molecular flexibility index (Phi) is 9.70. The van der Waals surface area contributed by atoms with Crippen LogP contribution in [-0.2, 0) is 9.59 Å². The summed E-state index contributed by atoms with van der Waals surface area (Å²) >= 11 is 1.40. The Balaban J connectivity index is 0.00000361. The summed E-state index contributed by atoms with van der Waals surface area (Å²) in [6.07, 6.45) is 3.33. The number of methoxy groups -OCH3 is 1. The Morgan fingerprint density at radius 3 is 2.58 bits per heavy atom. The molecular weight excluding hydrogens is 505 g/mol. The zero-order chi connectivity index (χ0) is 24.9. The molecule has 0 bridgehead atoms. The number of ketones is 2. The van der Waals surface area contributed by atoms with E-state index in [2.05, 4.69) is 0 Å². The first-order valence-corrected chi connectivity index (χ1v) is 12.7. The van der Waals surface area contributed by atoms with Gasteiger partial charge in [-0.25, -0.2) is 9.18 Å². The third-order valence-electron chi connectivity index (χ3n) is 6.41. The Hall–Kier alpha value is -2.68. The number of nitrogens with zero attached hydrogens (tertiary/aromatic N) is 1. The van der Waals surface area contributed by atoms with Crippen LogP contribution in [0.5, 0.6) is 5.75 Å². The summed E-state index contributed by atoms with van der Waals surface area (Å²) in [6, 6.07) is 12.5. The van der Waals surface area contributed by atoms with Crippen LogP contribution >= 0.6 is 24.2 Å². The smallest absolute Gasteiger partial charge is 0.328 e. The Morgan fingerprint density at radius 2 is 1.92 bits per heavy atom. The molecule has 0 radical (unpaired) electrons. The fourth-order valence-electron chi connectivity index (χ4n) is 4.47. The first-order valence-electron chi connectivity index (χ1n) is 11.6. The highest BCUT2D eigenvalue weighted by Gasteiger charge is 2.41. The lowest BCUT2D eigenvalue weighted by Crippen LogP contribution is -2.43. The van der Waals surface area contributed by atoms with Gasteiger partial charge >= 0.3 is 5.97 Å². The minimum Gasteiger partial charge on any atom is -0.497 e. The maximum atomic E-state index is 14.7. The van der Waals surface area contributed by atoms with Crippen molar-refractivity contribution in [1.29, 1.82) is 0 Å². The maximum absolute atomic E-state index is 14.7. The van der Waals surface area contributed by atoms with E-state index in [4.69, 9.17) is 4.74 Å². The Bertz CT molecular complexity index is 1150. The second-order valence-corrected chi connectivity index (χ2v) is 10.1. The van der Waals surface area contributed by atoms with Gasteiger partial charge in [0.1, 0.15) is 11.6 Å². The van der Waals surface area contributed by atoms with Crippen LogP contribution in [0.2, 0.25) is 0 Å². The van der Waals surface area contributed by atoms with E-state index in [1.807, 2.05) is 4.90 Å². The molecule has 2 aromatic carbocycles. The van der Waals surface area contributed by atoms with Crippen LogP contribution in [0.3, 0.4) is 0 Å². The molecule has 2 aliphatic rings. The van der Waals surface area contributed by atoms with Gasteiger partial charge in [-0.15, -0.1) is 24.2 Å². The standard InChI is InChI=1S/C27H28FNO5S.ClH/c1-34-20-6-4-5-18(13-20)23(30)16-35-24-11-12-29(15-19(24)14-25(31)32)26(27(33)17-9-10-17)21-7-2-3-8-22(21)28;/h2-8,13-14,17,24,26H,9-12,15-16H2,1H3,(H,31,32);1H. The quantitative estimate of drug-likeness (QED) is 0.340. The molecule has 2 unspecified atom stereocenters. The van der Waals surface area contributed by atoms with Gasteiger partial charge in [0.2, 0.25) is 0 Å². The van der Waals surface area contributed by atoms with E-state index in [9.17, 15) is 23.9 Å². The molecule has 0 spiro atoms. The number of carboxylic acid groups (broad SMARTS) is 1. The summed E-state index contributed by atoms with van der Waals surface area (Å²) in [7, 11) is 1.54. The summed E-state index contributed by atoms with van der Waals surface area (Å²) in [6.45, 7) is 0.730. The largest absolute Gasteiger partial charge is 0.497 e. The summed E-state index contributed by atoms with van der Waals surface area (Å²) in [5.74, 6) is -0.882. The predicted octanol–water partition coefficient (Wildman–Crippen LogP) is 4.98. The molecule has 1 saturated carbocycles. The average Bonchev–Trinajstić information content (AvgIpc) is 3.70. The van der Waals surface area contributed by atoms with Crippen LogP contribution in [0.1, 0.15) is 41.2 Å². The average molecular weight is 534 g/mol. The van der Waals surface area contributed by atoms with Gasteiger partial charge in [-0.3, -0.25) is 14.5 Å². The number of benzene rings is 2. The molecule has 1 saturated heterocycles. The van der Waals surface area contributed by atoms with Crippen molar-refractivity contribution in [3.8, 4) is 5.75 Å². The van der Waals surface area contributed by atoms with Crippen LogP contribution in [0, 0.1) is 11.7 Å². The van der Waals surface area contributed by atoms with Gasteiger partial charge in [-0.1, -0.05) is 30.3 Å². The van der Waals surface area contributed by atoms with Gasteiger partial charge < -0.3 is 9.84 Å². The normalized spacial score (nSPS) is 19.8. The highest BCUT2D eigenvalue weighted by atomic mass is 35.5.